The van der Waals surface area contributed by atoms with Gasteiger partial charge in [0.25, 0.3) is 0 Å². The summed E-state index contributed by atoms with van der Waals surface area (Å²) in [4.78, 5) is 0. The van der Waals surface area contributed by atoms with Crippen LogP contribution in [0.1, 0.15) is 45.4 Å². The van der Waals surface area contributed by atoms with Gasteiger partial charge >= 0.3 is 0 Å². The van der Waals surface area contributed by atoms with Crippen LogP contribution in [0, 0.1) is 23.7 Å². The van der Waals surface area contributed by atoms with Crippen LogP contribution in [0.4, 0.5) is 0 Å². The summed E-state index contributed by atoms with van der Waals surface area (Å²) in [6.07, 6.45) is 8.84. The summed E-state index contributed by atoms with van der Waals surface area (Å²) in [5, 5.41) is 0. The van der Waals surface area contributed by atoms with Crippen molar-refractivity contribution in [2.75, 3.05) is 6.54 Å². The predicted octanol–water partition coefficient (Wildman–Crippen LogP) is 2.80. The third-order valence-corrected chi connectivity index (χ3v) is 4.43. The first-order chi connectivity index (χ1) is 6.33. The van der Waals surface area contributed by atoms with Crippen LogP contribution in [0.5, 0.6) is 0 Å². The molecule has 0 aromatic carbocycles. The second-order valence-electron chi connectivity index (χ2n) is 5.18. The zero-order valence-electron chi connectivity index (χ0n) is 8.84. The molecule has 2 N–H and O–H groups in total. The molecule has 0 amide bonds. The van der Waals surface area contributed by atoms with Crippen molar-refractivity contribution >= 4 is 0 Å². The first-order valence-electron chi connectivity index (χ1n) is 6.03. The summed E-state index contributed by atoms with van der Waals surface area (Å²) in [5.41, 5.74) is 5.76. The molecule has 0 heterocycles. The molecule has 0 spiro atoms. The van der Waals surface area contributed by atoms with Gasteiger partial charge in [-0.1, -0.05) is 19.8 Å². The van der Waals surface area contributed by atoms with E-state index >= 15 is 0 Å². The monoisotopic (exact) mass is 181 g/mol. The largest absolute Gasteiger partial charge is 0.330 e. The molecule has 2 aliphatic rings. The van der Waals surface area contributed by atoms with E-state index in [4.69, 9.17) is 5.73 Å². The Morgan fingerprint density at radius 1 is 1.31 bits per heavy atom. The molecule has 2 saturated carbocycles. The van der Waals surface area contributed by atoms with Gasteiger partial charge in [-0.2, -0.15) is 0 Å². The van der Waals surface area contributed by atoms with Gasteiger partial charge < -0.3 is 5.73 Å². The third-order valence-electron chi connectivity index (χ3n) is 4.43. The van der Waals surface area contributed by atoms with Crippen LogP contribution in [-0.4, -0.2) is 6.54 Å². The van der Waals surface area contributed by atoms with E-state index in [1.807, 2.05) is 0 Å². The van der Waals surface area contributed by atoms with E-state index in [1.165, 1.54) is 32.1 Å². The molecule has 1 heteroatoms. The Morgan fingerprint density at radius 3 is 2.62 bits per heavy atom. The van der Waals surface area contributed by atoms with Gasteiger partial charge in [-0.3, -0.25) is 0 Å². The molecule has 0 aromatic rings. The summed E-state index contributed by atoms with van der Waals surface area (Å²) in [6, 6.07) is 0. The third kappa shape index (κ3) is 1.90. The minimum Gasteiger partial charge on any atom is -0.330 e. The highest BCUT2D eigenvalue weighted by Crippen LogP contribution is 2.50. The molecular formula is C12H23N. The van der Waals surface area contributed by atoms with Crippen LogP contribution in [0.3, 0.4) is 0 Å². The molecule has 13 heavy (non-hydrogen) atoms. The topological polar surface area (TPSA) is 26.0 Å². The van der Waals surface area contributed by atoms with E-state index in [9.17, 15) is 0 Å². The lowest BCUT2D eigenvalue weighted by molar-refractivity contribution is 0.266. The van der Waals surface area contributed by atoms with Crippen molar-refractivity contribution in [3.8, 4) is 0 Å². The van der Waals surface area contributed by atoms with E-state index in [2.05, 4.69) is 6.92 Å². The minimum atomic E-state index is 0.810. The fourth-order valence-electron chi connectivity index (χ4n) is 3.52. The second-order valence-corrected chi connectivity index (χ2v) is 5.18. The molecule has 2 aliphatic carbocycles. The van der Waals surface area contributed by atoms with Crippen molar-refractivity contribution in [3.05, 3.63) is 0 Å². The molecule has 1 nitrogen and oxygen atoms in total. The highest BCUT2D eigenvalue weighted by atomic mass is 14.6. The molecule has 0 aromatic heterocycles. The maximum absolute atomic E-state index is 5.76. The Hall–Kier alpha value is -0.0400. The highest BCUT2D eigenvalue weighted by molar-refractivity contribution is 4.90. The lowest BCUT2D eigenvalue weighted by Gasteiger charge is -2.25. The highest BCUT2D eigenvalue weighted by Gasteiger charge is 2.39. The van der Waals surface area contributed by atoms with E-state index in [0.717, 1.165) is 30.2 Å². The van der Waals surface area contributed by atoms with Crippen LogP contribution in [0.25, 0.3) is 0 Å². The van der Waals surface area contributed by atoms with Gasteiger partial charge in [0.15, 0.2) is 0 Å². The van der Waals surface area contributed by atoms with Crippen LogP contribution < -0.4 is 5.73 Å². The minimum absolute atomic E-state index is 0.810. The van der Waals surface area contributed by atoms with E-state index in [1.54, 1.807) is 6.42 Å². The van der Waals surface area contributed by atoms with Crippen molar-refractivity contribution in [2.45, 2.75) is 45.4 Å². The van der Waals surface area contributed by atoms with Crippen LogP contribution in [0.2, 0.25) is 0 Å². The Morgan fingerprint density at radius 2 is 2.15 bits per heavy atom. The van der Waals surface area contributed by atoms with Gasteiger partial charge in [0.05, 0.1) is 0 Å². The average molecular weight is 181 g/mol. The predicted molar refractivity (Wildman–Crippen MR) is 56.4 cm³/mol. The van der Waals surface area contributed by atoms with Gasteiger partial charge in [-0.05, 0) is 55.9 Å². The van der Waals surface area contributed by atoms with E-state index in [-0.39, 0.29) is 0 Å². The maximum Gasteiger partial charge on any atom is -0.00489 e. The van der Waals surface area contributed by atoms with Crippen LogP contribution in [0.15, 0.2) is 0 Å². The molecular weight excluding hydrogens is 158 g/mol. The first kappa shape index (κ1) is 9.51. The van der Waals surface area contributed by atoms with Crippen molar-refractivity contribution < 1.29 is 0 Å². The molecule has 2 bridgehead atoms. The van der Waals surface area contributed by atoms with Crippen molar-refractivity contribution in [1.82, 2.24) is 0 Å². The fraction of sp³-hybridized carbons (Fsp3) is 1.00. The van der Waals surface area contributed by atoms with Gasteiger partial charge in [0, 0.05) is 0 Å². The zero-order chi connectivity index (χ0) is 9.26. The zero-order valence-corrected chi connectivity index (χ0v) is 8.84. The lowest BCUT2D eigenvalue weighted by atomic mass is 9.81. The molecule has 2 rings (SSSR count). The summed E-state index contributed by atoms with van der Waals surface area (Å²) in [6.45, 7) is 3.19. The number of hydrogen-bond donors (Lipinski definition) is 1. The molecule has 76 valence electrons. The number of rotatable bonds is 4. The molecule has 2 fully saturated rings. The summed E-state index contributed by atoms with van der Waals surface area (Å²) in [5.74, 6) is 4.05. The maximum atomic E-state index is 5.76. The number of fused-ring (bicyclic) bond motifs is 2. The normalized spacial score (nSPS) is 39.7. The molecule has 4 atom stereocenters. The number of hydrogen-bond acceptors (Lipinski definition) is 1. The Labute approximate surface area is 82.1 Å². The van der Waals surface area contributed by atoms with Crippen molar-refractivity contribution in [3.63, 3.8) is 0 Å². The van der Waals surface area contributed by atoms with E-state index in [0.29, 0.717) is 0 Å². The van der Waals surface area contributed by atoms with Crippen LogP contribution in [-0.2, 0) is 0 Å². The second kappa shape index (κ2) is 4.00. The summed E-state index contributed by atoms with van der Waals surface area (Å²) < 4.78 is 0. The summed E-state index contributed by atoms with van der Waals surface area (Å²) in [7, 11) is 0. The van der Waals surface area contributed by atoms with Crippen molar-refractivity contribution in [1.29, 1.82) is 0 Å². The molecule has 4 unspecified atom stereocenters. The molecule has 0 aliphatic heterocycles. The van der Waals surface area contributed by atoms with Crippen molar-refractivity contribution in [2.24, 2.45) is 29.4 Å². The SMILES string of the molecule is CCC(CN)CC1CC2CCC1C2. The fourth-order valence-corrected chi connectivity index (χ4v) is 3.52. The standard InChI is InChI=1S/C12H23N/c1-2-9(8-13)5-12-7-10-3-4-11(12)6-10/h9-12H,2-8,13H2,1H3. The van der Waals surface area contributed by atoms with Gasteiger partial charge in [0.2, 0.25) is 0 Å². The first-order valence-corrected chi connectivity index (χ1v) is 6.03. The average Bonchev–Trinajstić information content (AvgIpc) is 2.75. The quantitative estimate of drug-likeness (QED) is 0.709. The molecule has 0 saturated heterocycles. The lowest BCUT2D eigenvalue weighted by Crippen LogP contribution is -2.20. The summed E-state index contributed by atoms with van der Waals surface area (Å²) >= 11 is 0. The smallest absolute Gasteiger partial charge is 0.00489 e. The van der Waals surface area contributed by atoms with Gasteiger partial charge in [0.1, 0.15) is 0 Å². The Balaban J connectivity index is 1.82. The van der Waals surface area contributed by atoms with Gasteiger partial charge in [-0.15, -0.1) is 0 Å². The van der Waals surface area contributed by atoms with Gasteiger partial charge in [-0.25, -0.2) is 0 Å². The van der Waals surface area contributed by atoms with E-state index < -0.39 is 0 Å². The molecule has 0 radical (unpaired) electrons. The Kier molecular flexibility index (Phi) is 2.92. The van der Waals surface area contributed by atoms with Crippen LogP contribution >= 0.6 is 0 Å². The number of nitrogens with two attached hydrogens (primary N) is 1. The Bertz CT molecular complexity index is 163.